The Balaban J connectivity index is 0.000000845. The molecule has 3 heterocycles. The van der Waals surface area contributed by atoms with Crippen molar-refractivity contribution in [3.05, 3.63) is 23.4 Å². The van der Waals surface area contributed by atoms with Gasteiger partial charge in [0.1, 0.15) is 29.6 Å². The van der Waals surface area contributed by atoms with Crippen LogP contribution in [-0.4, -0.2) is 71.3 Å². The monoisotopic (exact) mass is 535 g/mol. The highest BCUT2D eigenvalue weighted by Crippen LogP contribution is 2.64. The number of aliphatic imine (C=N–C) groups is 2. The number of carbonyl (C=O) groups is 3. The van der Waals surface area contributed by atoms with Gasteiger partial charge in [0.25, 0.3) is 0 Å². The molecule has 0 radical (unpaired) electrons. The molecule has 2 saturated carbocycles. The Bertz CT molecular complexity index is 1140. The molecule has 4 unspecified atom stereocenters. The average Bonchev–Trinajstić information content (AvgIpc) is 3.52. The molecule has 0 bridgehead atoms. The number of allylic oxidation sites excluding steroid dienone is 3. The molecule has 0 spiro atoms. The van der Waals surface area contributed by atoms with E-state index >= 15 is 0 Å². The van der Waals surface area contributed by atoms with Crippen molar-refractivity contribution in [3.63, 3.8) is 0 Å². The lowest BCUT2D eigenvalue weighted by Gasteiger charge is -2.26. The lowest BCUT2D eigenvalue weighted by molar-refractivity contribution is -0.126. The Hall–Kier alpha value is -2.90. The molecule has 3 aliphatic heterocycles. The fraction of sp³-hybridized carbons (Fsp3) is 0.677. The SMILES string of the molecule is CC.CC.CN1C(=O)CC2=C1C1CC1(CCC(=O)C1=NC=NC3C1=NN(C)C3CC(=O)C1CCCCC1)C=C2. The summed E-state index contributed by atoms with van der Waals surface area (Å²) >= 11 is 0. The second-order valence-electron chi connectivity index (χ2n) is 11.1. The number of likely N-dealkylation sites (N-methyl/N-ethyl adjacent to an activating group) is 1. The van der Waals surface area contributed by atoms with E-state index in [0.29, 0.717) is 42.4 Å². The highest BCUT2D eigenvalue weighted by molar-refractivity contribution is 6.69. The van der Waals surface area contributed by atoms with Crippen LogP contribution < -0.4 is 0 Å². The number of Topliss-reactive ketones (excluding diaryl/α,β-unsaturated/α-hetero) is 2. The van der Waals surface area contributed by atoms with E-state index in [1.807, 2.05) is 46.8 Å². The van der Waals surface area contributed by atoms with Crippen LogP contribution in [0.1, 0.15) is 91.9 Å². The summed E-state index contributed by atoms with van der Waals surface area (Å²) < 4.78 is 0. The number of hydrogen-bond acceptors (Lipinski definition) is 7. The van der Waals surface area contributed by atoms with Gasteiger partial charge < -0.3 is 4.90 Å². The molecule has 8 heteroatoms. The highest BCUT2D eigenvalue weighted by Gasteiger charge is 2.58. The molecule has 39 heavy (non-hydrogen) atoms. The maximum Gasteiger partial charge on any atom is 0.230 e. The zero-order valence-corrected chi connectivity index (χ0v) is 24.6. The molecule has 0 aromatic heterocycles. The van der Waals surface area contributed by atoms with E-state index in [1.54, 1.807) is 4.90 Å². The van der Waals surface area contributed by atoms with Gasteiger partial charge in [-0.05, 0) is 36.7 Å². The molecular formula is C31H45N5O3. The van der Waals surface area contributed by atoms with E-state index in [2.05, 4.69) is 27.2 Å². The summed E-state index contributed by atoms with van der Waals surface area (Å²) in [6, 6.07) is -0.460. The van der Waals surface area contributed by atoms with Crippen LogP contribution in [0.25, 0.3) is 0 Å². The molecule has 6 rings (SSSR count). The fourth-order valence-electron chi connectivity index (χ4n) is 6.82. The summed E-state index contributed by atoms with van der Waals surface area (Å²) in [6.45, 7) is 8.00. The lowest BCUT2D eigenvalue weighted by Crippen LogP contribution is -2.42. The Morgan fingerprint density at radius 3 is 2.51 bits per heavy atom. The zero-order valence-electron chi connectivity index (χ0n) is 24.6. The van der Waals surface area contributed by atoms with Gasteiger partial charge >= 0.3 is 0 Å². The van der Waals surface area contributed by atoms with Crippen LogP contribution in [0.5, 0.6) is 0 Å². The van der Waals surface area contributed by atoms with Crippen LogP contribution in [0.2, 0.25) is 0 Å². The van der Waals surface area contributed by atoms with E-state index in [1.165, 1.54) is 12.8 Å². The molecule has 4 atom stereocenters. The van der Waals surface area contributed by atoms with Crippen LogP contribution in [0.4, 0.5) is 0 Å². The second kappa shape index (κ2) is 12.1. The number of fused-ring (bicyclic) bond motifs is 3. The number of ketones is 2. The van der Waals surface area contributed by atoms with Gasteiger partial charge in [-0.25, -0.2) is 4.99 Å². The van der Waals surface area contributed by atoms with Crippen LogP contribution in [-0.2, 0) is 14.4 Å². The molecule has 2 fully saturated rings. The van der Waals surface area contributed by atoms with Crippen LogP contribution in [0, 0.1) is 17.3 Å². The topological polar surface area (TPSA) is 94.8 Å². The molecule has 0 N–H and O–H groups in total. The van der Waals surface area contributed by atoms with Crippen molar-refractivity contribution in [1.29, 1.82) is 0 Å². The fourth-order valence-corrected chi connectivity index (χ4v) is 6.82. The number of nitrogens with zero attached hydrogens (tertiary/aromatic N) is 5. The maximum absolute atomic E-state index is 13.3. The van der Waals surface area contributed by atoms with Gasteiger partial charge in [-0.2, -0.15) is 5.10 Å². The Kier molecular flexibility index (Phi) is 9.02. The van der Waals surface area contributed by atoms with Crippen molar-refractivity contribution < 1.29 is 14.4 Å². The first-order chi connectivity index (χ1) is 18.9. The number of hydrazone groups is 1. The molecule has 3 aliphatic carbocycles. The standard InChI is InChI=1S/C27H33N5O3.2C2H6/c1-31-22(35)12-17-8-10-27(14-18(27)26(17)31)11-9-20(33)24-25-23(28-15-29-24)19(32(2)30-25)13-21(34)16-6-4-3-5-7-16;2*1-2/h8,10,15-16,18-19,23H,3-7,9,11-14H2,1-2H3;2*1-2H3. The minimum Gasteiger partial charge on any atom is -0.318 e. The van der Waals surface area contributed by atoms with Gasteiger partial charge in [0.15, 0.2) is 5.78 Å². The van der Waals surface area contributed by atoms with E-state index < -0.39 is 0 Å². The van der Waals surface area contributed by atoms with Crippen molar-refractivity contribution in [2.45, 2.75) is 104 Å². The Morgan fingerprint density at radius 1 is 1.08 bits per heavy atom. The van der Waals surface area contributed by atoms with E-state index in [0.717, 1.165) is 49.8 Å². The second-order valence-corrected chi connectivity index (χ2v) is 11.1. The molecule has 8 nitrogen and oxygen atoms in total. The minimum atomic E-state index is -0.309. The van der Waals surface area contributed by atoms with Crippen molar-refractivity contribution in [2.24, 2.45) is 32.3 Å². The number of rotatable bonds is 7. The minimum absolute atomic E-state index is 0.0170. The number of carbonyl (C=O) groups excluding carboxylic acids is 3. The first kappa shape index (κ1) is 29.1. The number of hydrogen-bond donors (Lipinski definition) is 0. The molecule has 212 valence electrons. The third kappa shape index (κ3) is 5.44. The van der Waals surface area contributed by atoms with Crippen molar-refractivity contribution in [2.75, 3.05) is 14.1 Å². The van der Waals surface area contributed by atoms with Gasteiger partial charge in [0, 0.05) is 44.5 Å². The van der Waals surface area contributed by atoms with Gasteiger partial charge in [-0.1, -0.05) is 59.1 Å². The van der Waals surface area contributed by atoms with Gasteiger partial charge in [0.05, 0.1) is 12.5 Å². The van der Waals surface area contributed by atoms with Gasteiger partial charge in [0.2, 0.25) is 5.91 Å². The third-order valence-electron chi connectivity index (χ3n) is 9.07. The van der Waals surface area contributed by atoms with Gasteiger partial charge in [-0.15, -0.1) is 0 Å². The first-order valence-electron chi connectivity index (χ1n) is 15.0. The maximum atomic E-state index is 13.3. The van der Waals surface area contributed by atoms with Gasteiger partial charge in [-0.3, -0.25) is 24.4 Å². The molecule has 0 saturated heterocycles. The third-order valence-corrected chi connectivity index (χ3v) is 9.07. The quantitative estimate of drug-likeness (QED) is 0.451. The summed E-state index contributed by atoms with van der Waals surface area (Å²) in [5.41, 5.74) is 3.26. The lowest BCUT2D eigenvalue weighted by atomic mass is 9.82. The number of amides is 1. The van der Waals surface area contributed by atoms with E-state index in [4.69, 9.17) is 0 Å². The summed E-state index contributed by atoms with van der Waals surface area (Å²) in [5, 5.41) is 6.46. The normalized spacial score (nSPS) is 30.3. The van der Waals surface area contributed by atoms with Crippen LogP contribution in [0.15, 0.2) is 38.5 Å². The van der Waals surface area contributed by atoms with Crippen LogP contribution >= 0.6 is 0 Å². The summed E-state index contributed by atoms with van der Waals surface area (Å²) in [5.74, 6) is 0.926. The van der Waals surface area contributed by atoms with E-state index in [-0.39, 0.29) is 35.1 Å². The molecule has 0 aromatic rings. The van der Waals surface area contributed by atoms with Crippen molar-refractivity contribution in [3.8, 4) is 0 Å². The predicted molar refractivity (Wildman–Crippen MR) is 156 cm³/mol. The van der Waals surface area contributed by atoms with Crippen molar-refractivity contribution in [1.82, 2.24) is 9.91 Å². The summed E-state index contributed by atoms with van der Waals surface area (Å²) in [4.78, 5) is 49.1. The van der Waals surface area contributed by atoms with Crippen LogP contribution in [0.3, 0.4) is 0 Å². The smallest absolute Gasteiger partial charge is 0.230 e. The Morgan fingerprint density at radius 2 is 1.79 bits per heavy atom. The highest BCUT2D eigenvalue weighted by atomic mass is 16.2. The summed E-state index contributed by atoms with van der Waals surface area (Å²) in [6.07, 6.45) is 14.3. The molecular weight excluding hydrogens is 490 g/mol. The zero-order chi connectivity index (χ0) is 28.3. The van der Waals surface area contributed by atoms with E-state index in [9.17, 15) is 14.4 Å². The molecule has 0 aromatic carbocycles. The Labute approximate surface area is 233 Å². The molecule has 6 aliphatic rings. The van der Waals surface area contributed by atoms with Crippen molar-refractivity contribution >= 4 is 35.2 Å². The predicted octanol–water partition coefficient (Wildman–Crippen LogP) is 5.14. The average molecular weight is 536 g/mol. The summed E-state index contributed by atoms with van der Waals surface area (Å²) in [7, 11) is 3.73. The largest absolute Gasteiger partial charge is 0.318 e. The molecule has 1 amide bonds. The first-order valence-corrected chi connectivity index (χ1v) is 15.0.